The van der Waals surface area contributed by atoms with E-state index in [1.165, 1.54) is 4.70 Å². The molecule has 2 atom stereocenters. The van der Waals surface area contributed by atoms with Gasteiger partial charge in [0.2, 0.25) is 0 Å². The van der Waals surface area contributed by atoms with Crippen molar-refractivity contribution in [1.29, 1.82) is 0 Å². The Labute approximate surface area is 127 Å². The van der Waals surface area contributed by atoms with Gasteiger partial charge in [-0.15, -0.1) is 11.3 Å². The number of anilines is 1. The second-order valence-corrected chi connectivity index (χ2v) is 6.16. The average Bonchev–Trinajstić information content (AvgIpc) is 3.12. The molecule has 1 N–H and O–H groups in total. The van der Waals surface area contributed by atoms with Crippen molar-refractivity contribution in [2.45, 2.75) is 19.4 Å². The van der Waals surface area contributed by atoms with Crippen LogP contribution >= 0.6 is 11.3 Å². The second kappa shape index (κ2) is 5.99. The molecule has 3 heterocycles. The number of carbonyl (C=O) groups is 1. The van der Waals surface area contributed by atoms with Gasteiger partial charge in [-0.3, -0.25) is 4.79 Å². The second-order valence-electron chi connectivity index (χ2n) is 5.21. The summed E-state index contributed by atoms with van der Waals surface area (Å²) >= 11 is 1.67. The Balaban J connectivity index is 2.01. The number of hydrogen-bond acceptors (Lipinski definition) is 5. The highest BCUT2D eigenvalue weighted by atomic mass is 32.1. The Hall–Kier alpha value is -1.66. The normalized spacial score (nSPS) is 21.8. The molecular formula is C15H18N2O3S. The van der Waals surface area contributed by atoms with Crippen LogP contribution < -0.4 is 4.90 Å². The third-order valence-corrected chi connectivity index (χ3v) is 4.75. The fourth-order valence-electron chi connectivity index (χ4n) is 2.86. The first-order chi connectivity index (χ1) is 10.2. The number of ether oxygens (including phenoxy) is 1. The lowest BCUT2D eigenvalue weighted by Crippen LogP contribution is -2.44. The highest BCUT2D eigenvalue weighted by Gasteiger charge is 2.38. The van der Waals surface area contributed by atoms with Gasteiger partial charge in [-0.05, 0) is 23.9 Å². The fraction of sp³-hybridized carbons (Fsp3) is 0.467. The molecule has 2 unspecified atom stereocenters. The van der Waals surface area contributed by atoms with E-state index in [4.69, 9.17) is 4.74 Å². The molecule has 0 radical (unpaired) electrons. The van der Waals surface area contributed by atoms with E-state index < -0.39 is 11.9 Å². The van der Waals surface area contributed by atoms with Crippen molar-refractivity contribution in [3.05, 3.63) is 23.7 Å². The average molecular weight is 306 g/mol. The number of fused-ring (bicyclic) bond motifs is 1. The number of carboxylic acids is 1. The van der Waals surface area contributed by atoms with E-state index in [0.29, 0.717) is 6.61 Å². The summed E-state index contributed by atoms with van der Waals surface area (Å²) in [7, 11) is 0. The van der Waals surface area contributed by atoms with Gasteiger partial charge in [-0.2, -0.15) is 0 Å². The molecule has 112 valence electrons. The minimum Gasteiger partial charge on any atom is -0.481 e. The predicted octanol–water partition coefficient (Wildman–Crippen LogP) is 2.61. The van der Waals surface area contributed by atoms with Gasteiger partial charge in [0, 0.05) is 22.8 Å². The summed E-state index contributed by atoms with van der Waals surface area (Å²) in [5.41, 5.74) is 0. The van der Waals surface area contributed by atoms with Crippen LogP contribution in [0.1, 0.15) is 13.3 Å². The van der Waals surface area contributed by atoms with Crippen LogP contribution in [-0.2, 0) is 9.53 Å². The summed E-state index contributed by atoms with van der Waals surface area (Å²) in [6, 6.07) is 3.89. The summed E-state index contributed by atoms with van der Waals surface area (Å²) in [4.78, 5) is 18.1. The lowest BCUT2D eigenvalue weighted by molar-refractivity contribution is -0.141. The van der Waals surface area contributed by atoms with Gasteiger partial charge >= 0.3 is 5.97 Å². The summed E-state index contributed by atoms with van der Waals surface area (Å²) in [6.07, 6.45) is 2.73. The maximum Gasteiger partial charge on any atom is 0.311 e. The smallest absolute Gasteiger partial charge is 0.311 e. The van der Waals surface area contributed by atoms with Crippen LogP contribution in [0.3, 0.4) is 0 Å². The molecule has 0 saturated carbocycles. The maximum absolute atomic E-state index is 11.4. The zero-order chi connectivity index (χ0) is 14.8. The lowest BCUT2D eigenvalue weighted by atomic mass is 10.0. The molecule has 0 bridgehead atoms. The number of thiophene rings is 1. The van der Waals surface area contributed by atoms with E-state index in [-0.39, 0.29) is 12.6 Å². The van der Waals surface area contributed by atoms with Gasteiger partial charge in [0.05, 0.1) is 19.3 Å². The van der Waals surface area contributed by atoms with Crippen LogP contribution in [-0.4, -0.2) is 41.9 Å². The zero-order valence-corrected chi connectivity index (χ0v) is 12.7. The number of pyridine rings is 1. The third kappa shape index (κ3) is 2.61. The highest BCUT2D eigenvalue weighted by Crippen LogP contribution is 2.32. The SMILES string of the molecule is CCCN(c1nccc2sccc12)C1COCC1C(=O)O. The molecular weight excluding hydrogens is 288 g/mol. The van der Waals surface area contributed by atoms with Gasteiger partial charge in [0.25, 0.3) is 0 Å². The van der Waals surface area contributed by atoms with Gasteiger partial charge in [0.1, 0.15) is 11.7 Å². The highest BCUT2D eigenvalue weighted by molar-refractivity contribution is 7.17. The number of nitrogens with zero attached hydrogens (tertiary/aromatic N) is 2. The molecule has 3 rings (SSSR count). The lowest BCUT2D eigenvalue weighted by Gasteiger charge is -2.31. The van der Waals surface area contributed by atoms with E-state index in [0.717, 1.165) is 24.2 Å². The van der Waals surface area contributed by atoms with Crippen molar-refractivity contribution < 1.29 is 14.6 Å². The Morgan fingerprint density at radius 2 is 2.38 bits per heavy atom. The van der Waals surface area contributed by atoms with Crippen LogP contribution in [0.4, 0.5) is 5.82 Å². The molecule has 0 aliphatic carbocycles. The Kier molecular flexibility index (Phi) is 4.07. The number of carboxylic acid groups (broad SMARTS) is 1. The molecule has 1 fully saturated rings. The summed E-state index contributed by atoms with van der Waals surface area (Å²) in [5, 5.41) is 12.5. The Bertz CT molecular complexity index is 643. The molecule has 1 saturated heterocycles. The molecule has 0 amide bonds. The van der Waals surface area contributed by atoms with Crippen LogP contribution in [0.2, 0.25) is 0 Å². The first kappa shape index (κ1) is 14.3. The summed E-state index contributed by atoms with van der Waals surface area (Å²) in [5.74, 6) is -0.416. The molecule has 6 heteroatoms. The zero-order valence-electron chi connectivity index (χ0n) is 11.9. The molecule has 2 aromatic heterocycles. The number of aliphatic carboxylic acids is 1. The molecule has 1 aliphatic rings. The van der Waals surface area contributed by atoms with Crippen LogP contribution in [0, 0.1) is 5.92 Å². The van der Waals surface area contributed by atoms with Gasteiger partial charge in [-0.25, -0.2) is 4.98 Å². The fourth-order valence-corrected chi connectivity index (χ4v) is 3.64. The van der Waals surface area contributed by atoms with Gasteiger partial charge in [0.15, 0.2) is 0 Å². The maximum atomic E-state index is 11.4. The van der Waals surface area contributed by atoms with Crippen molar-refractivity contribution in [2.24, 2.45) is 5.92 Å². The van der Waals surface area contributed by atoms with Crippen molar-refractivity contribution in [3.8, 4) is 0 Å². The van der Waals surface area contributed by atoms with Crippen LogP contribution in [0.5, 0.6) is 0 Å². The predicted molar refractivity (Wildman–Crippen MR) is 83.0 cm³/mol. The molecule has 21 heavy (non-hydrogen) atoms. The van der Waals surface area contributed by atoms with E-state index >= 15 is 0 Å². The number of rotatable bonds is 5. The minimum absolute atomic E-state index is 0.152. The van der Waals surface area contributed by atoms with Crippen molar-refractivity contribution in [3.63, 3.8) is 0 Å². The first-order valence-electron chi connectivity index (χ1n) is 7.11. The van der Waals surface area contributed by atoms with Crippen LogP contribution in [0.25, 0.3) is 10.1 Å². The molecule has 1 aliphatic heterocycles. The minimum atomic E-state index is -0.795. The van der Waals surface area contributed by atoms with Crippen molar-refractivity contribution in [2.75, 3.05) is 24.7 Å². The molecule has 5 nitrogen and oxygen atoms in total. The van der Waals surface area contributed by atoms with Gasteiger partial charge < -0.3 is 14.7 Å². The van der Waals surface area contributed by atoms with E-state index in [1.54, 1.807) is 17.5 Å². The van der Waals surface area contributed by atoms with E-state index in [9.17, 15) is 9.90 Å². The van der Waals surface area contributed by atoms with Gasteiger partial charge in [-0.1, -0.05) is 6.92 Å². The van der Waals surface area contributed by atoms with Crippen LogP contribution in [0.15, 0.2) is 23.7 Å². The third-order valence-electron chi connectivity index (χ3n) is 3.86. The largest absolute Gasteiger partial charge is 0.481 e. The monoisotopic (exact) mass is 306 g/mol. The standard InChI is InChI=1S/C15H18N2O3S/c1-2-6-17(12-9-20-8-11(12)15(18)19)14-10-4-7-21-13(10)3-5-16-14/h3-5,7,11-12H,2,6,8-9H2,1H3,(H,18,19). The molecule has 2 aromatic rings. The number of aromatic nitrogens is 1. The van der Waals surface area contributed by atoms with E-state index in [1.807, 2.05) is 11.4 Å². The number of hydrogen-bond donors (Lipinski definition) is 1. The molecule has 0 spiro atoms. The summed E-state index contributed by atoms with van der Waals surface area (Å²) in [6.45, 7) is 3.59. The quantitative estimate of drug-likeness (QED) is 0.920. The first-order valence-corrected chi connectivity index (χ1v) is 7.99. The summed E-state index contributed by atoms with van der Waals surface area (Å²) < 4.78 is 6.60. The Morgan fingerprint density at radius 3 is 3.14 bits per heavy atom. The Morgan fingerprint density at radius 1 is 1.52 bits per heavy atom. The van der Waals surface area contributed by atoms with E-state index in [2.05, 4.69) is 22.9 Å². The van der Waals surface area contributed by atoms with Crippen molar-refractivity contribution in [1.82, 2.24) is 4.98 Å². The molecule has 0 aromatic carbocycles. The topological polar surface area (TPSA) is 62.7 Å². The van der Waals surface area contributed by atoms with Crippen molar-refractivity contribution >= 4 is 33.2 Å².